The Kier molecular flexibility index (Phi) is 4.04. The molecule has 7 heteroatoms. The molecule has 1 atom stereocenters. The molecule has 1 aliphatic rings. The normalized spacial score (nSPS) is 21.9. The Labute approximate surface area is 110 Å². The molecule has 0 radical (unpaired) electrons. The monoisotopic (exact) mass is 276 g/mol. The van der Waals surface area contributed by atoms with Crippen molar-refractivity contribution >= 4 is 29.0 Å². The number of nitrogens with zero attached hydrogens (tertiary/aromatic N) is 4. The summed E-state index contributed by atoms with van der Waals surface area (Å²) in [6.07, 6.45) is 0. The topological polar surface area (TPSA) is 52.5 Å². The molecule has 2 rings (SSSR count). The highest BCUT2D eigenvalue weighted by Crippen LogP contribution is 2.22. The van der Waals surface area contributed by atoms with Gasteiger partial charge in [-0.15, -0.1) is 0 Å². The first-order chi connectivity index (χ1) is 8.10. The molecule has 0 spiro atoms. The summed E-state index contributed by atoms with van der Waals surface area (Å²) in [5.74, 6) is 0.669. The van der Waals surface area contributed by atoms with Crippen molar-refractivity contribution in [3.63, 3.8) is 0 Å². The predicted octanol–water partition coefficient (Wildman–Crippen LogP) is 0.896. The fraction of sp³-hybridized carbons (Fsp3) is 0.600. The third-order valence-electron chi connectivity index (χ3n) is 2.84. The van der Waals surface area contributed by atoms with Crippen LogP contribution in [0.25, 0.3) is 0 Å². The van der Waals surface area contributed by atoms with Crippen LogP contribution in [0.2, 0.25) is 10.4 Å². The van der Waals surface area contributed by atoms with E-state index in [1.807, 2.05) is 11.9 Å². The van der Waals surface area contributed by atoms with Crippen molar-refractivity contribution in [2.24, 2.45) is 0 Å². The summed E-state index contributed by atoms with van der Waals surface area (Å²) in [6, 6.07) is 1.68. The van der Waals surface area contributed by atoms with Gasteiger partial charge >= 0.3 is 0 Å². The number of rotatable bonds is 2. The minimum absolute atomic E-state index is 0.00998. The van der Waals surface area contributed by atoms with Gasteiger partial charge in [-0.25, -0.2) is 9.97 Å². The van der Waals surface area contributed by atoms with Crippen molar-refractivity contribution in [1.82, 2.24) is 14.9 Å². The molecule has 0 aliphatic carbocycles. The number of hydrogen-bond acceptors (Lipinski definition) is 5. The number of piperazine rings is 1. The van der Waals surface area contributed by atoms with Gasteiger partial charge in [0, 0.05) is 25.7 Å². The maximum atomic E-state index is 9.40. The summed E-state index contributed by atoms with van der Waals surface area (Å²) in [4.78, 5) is 12.1. The maximum Gasteiger partial charge on any atom is 0.225 e. The van der Waals surface area contributed by atoms with Crippen LogP contribution >= 0.6 is 23.2 Å². The molecular formula is C10H14Cl2N4O. The largest absolute Gasteiger partial charge is 0.394 e. The molecular weight excluding hydrogens is 263 g/mol. The van der Waals surface area contributed by atoms with Gasteiger partial charge in [-0.05, 0) is 18.6 Å². The zero-order valence-electron chi connectivity index (χ0n) is 9.48. The molecule has 1 fully saturated rings. The molecule has 1 aliphatic heterocycles. The van der Waals surface area contributed by atoms with Gasteiger partial charge in [0.25, 0.3) is 0 Å². The first-order valence-corrected chi connectivity index (χ1v) is 6.12. The number of anilines is 1. The average Bonchev–Trinajstić information content (AvgIpc) is 2.27. The quantitative estimate of drug-likeness (QED) is 0.643. The Morgan fingerprint density at radius 3 is 2.82 bits per heavy atom. The second-order valence-electron chi connectivity index (χ2n) is 4.11. The van der Waals surface area contributed by atoms with E-state index in [4.69, 9.17) is 23.2 Å². The Morgan fingerprint density at radius 1 is 1.41 bits per heavy atom. The van der Waals surface area contributed by atoms with Crippen LogP contribution in [-0.2, 0) is 0 Å². The van der Waals surface area contributed by atoms with E-state index in [0.717, 1.165) is 19.6 Å². The van der Waals surface area contributed by atoms with Crippen LogP contribution in [0, 0.1) is 0 Å². The second-order valence-corrected chi connectivity index (χ2v) is 4.84. The van der Waals surface area contributed by atoms with E-state index >= 15 is 0 Å². The van der Waals surface area contributed by atoms with Gasteiger partial charge in [0.2, 0.25) is 5.28 Å². The molecule has 1 aromatic rings. The third-order valence-corrected chi connectivity index (χ3v) is 3.21. The zero-order chi connectivity index (χ0) is 12.4. The third kappa shape index (κ3) is 2.98. The fourth-order valence-corrected chi connectivity index (χ4v) is 2.39. The molecule has 1 unspecified atom stereocenters. The fourth-order valence-electron chi connectivity index (χ4n) is 1.99. The van der Waals surface area contributed by atoms with Crippen molar-refractivity contribution in [2.45, 2.75) is 6.04 Å². The Morgan fingerprint density at radius 2 is 2.18 bits per heavy atom. The molecule has 1 N–H and O–H groups in total. The van der Waals surface area contributed by atoms with E-state index in [1.165, 1.54) is 0 Å². The molecule has 1 aromatic heterocycles. The van der Waals surface area contributed by atoms with Crippen LogP contribution in [-0.4, -0.2) is 59.3 Å². The van der Waals surface area contributed by atoms with Gasteiger partial charge in [0.15, 0.2) is 0 Å². The predicted molar refractivity (Wildman–Crippen MR) is 67.8 cm³/mol. The number of aromatic nitrogens is 2. The van der Waals surface area contributed by atoms with Crippen LogP contribution in [0.1, 0.15) is 0 Å². The number of aliphatic hydroxyl groups is 1. The molecule has 0 bridgehead atoms. The molecule has 0 amide bonds. The zero-order valence-corrected chi connectivity index (χ0v) is 11.0. The Hall–Kier alpha value is -0.620. The van der Waals surface area contributed by atoms with Crippen LogP contribution in [0.15, 0.2) is 6.07 Å². The molecule has 17 heavy (non-hydrogen) atoms. The van der Waals surface area contributed by atoms with Gasteiger partial charge in [-0.1, -0.05) is 11.6 Å². The SMILES string of the molecule is CN1CCN(c2cc(Cl)nc(Cl)n2)C(CO)C1. The van der Waals surface area contributed by atoms with E-state index in [2.05, 4.69) is 14.9 Å². The van der Waals surface area contributed by atoms with Crippen molar-refractivity contribution in [1.29, 1.82) is 0 Å². The van der Waals surface area contributed by atoms with Crippen LogP contribution in [0.3, 0.4) is 0 Å². The van der Waals surface area contributed by atoms with Crippen LogP contribution in [0.4, 0.5) is 5.82 Å². The van der Waals surface area contributed by atoms with Gasteiger partial charge in [0.1, 0.15) is 11.0 Å². The Balaban J connectivity index is 2.25. The van der Waals surface area contributed by atoms with E-state index in [0.29, 0.717) is 11.0 Å². The minimum atomic E-state index is 0.00998. The highest BCUT2D eigenvalue weighted by atomic mass is 35.5. The smallest absolute Gasteiger partial charge is 0.225 e. The first-order valence-electron chi connectivity index (χ1n) is 5.36. The lowest BCUT2D eigenvalue weighted by molar-refractivity contribution is 0.190. The average molecular weight is 277 g/mol. The minimum Gasteiger partial charge on any atom is -0.394 e. The van der Waals surface area contributed by atoms with Crippen LogP contribution < -0.4 is 4.90 Å². The lowest BCUT2D eigenvalue weighted by Crippen LogP contribution is -2.53. The molecule has 0 aromatic carbocycles. The highest BCUT2D eigenvalue weighted by molar-refractivity contribution is 6.32. The maximum absolute atomic E-state index is 9.40. The second kappa shape index (κ2) is 5.35. The van der Waals surface area contributed by atoms with Gasteiger partial charge < -0.3 is 14.9 Å². The summed E-state index contributed by atoms with van der Waals surface area (Å²) in [7, 11) is 2.03. The number of likely N-dealkylation sites (N-methyl/N-ethyl adjacent to an activating group) is 1. The molecule has 2 heterocycles. The summed E-state index contributed by atoms with van der Waals surface area (Å²) in [5, 5.41) is 9.84. The molecule has 94 valence electrons. The van der Waals surface area contributed by atoms with Crippen molar-refractivity contribution in [2.75, 3.05) is 38.2 Å². The van der Waals surface area contributed by atoms with Crippen molar-refractivity contribution in [3.8, 4) is 0 Å². The van der Waals surface area contributed by atoms with Crippen molar-refractivity contribution in [3.05, 3.63) is 16.5 Å². The standard InChI is InChI=1S/C10H14Cl2N4O/c1-15-2-3-16(7(5-15)6-17)9-4-8(11)13-10(12)14-9/h4,7,17H,2-3,5-6H2,1H3. The summed E-state index contributed by atoms with van der Waals surface area (Å²) in [6.45, 7) is 2.56. The van der Waals surface area contributed by atoms with Gasteiger partial charge in [0.05, 0.1) is 12.6 Å². The van der Waals surface area contributed by atoms with Crippen LogP contribution in [0.5, 0.6) is 0 Å². The van der Waals surface area contributed by atoms with E-state index in [1.54, 1.807) is 6.07 Å². The molecule has 5 nitrogen and oxygen atoms in total. The summed E-state index contributed by atoms with van der Waals surface area (Å²) >= 11 is 11.6. The number of halogens is 2. The van der Waals surface area contributed by atoms with E-state index < -0.39 is 0 Å². The van der Waals surface area contributed by atoms with Crippen molar-refractivity contribution < 1.29 is 5.11 Å². The lowest BCUT2D eigenvalue weighted by Gasteiger charge is -2.39. The summed E-state index contributed by atoms with van der Waals surface area (Å²) < 4.78 is 0. The van der Waals surface area contributed by atoms with E-state index in [9.17, 15) is 5.11 Å². The van der Waals surface area contributed by atoms with Gasteiger partial charge in [-0.3, -0.25) is 0 Å². The first kappa shape index (κ1) is 12.8. The molecule has 0 saturated carbocycles. The lowest BCUT2D eigenvalue weighted by atomic mass is 10.2. The van der Waals surface area contributed by atoms with E-state index in [-0.39, 0.29) is 17.9 Å². The Bertz CT molecular complexity index is 384. The number of hydrogen-bond donors (Lipinski definition) is 1. The van der Waals surface area contributed by atoms with Gasteiger partial charge in [-0.2, -0.15) is 0 Å². The highest BCUT2D eigenvalue weighted by Gasteiger charge is 2.26. The summed E-state index contributed by atoms with van der Waals surface area (Å²) in [5.41, 5.74) is 0. The molecule has 1 saturated heterocycles. The number of aliphatic hydroxyl groups excluding tert-OH is 1.